The first-order chi connectivity index (χ1) is 10.3. The van der Waals surface area contributed by atoms with E-state index >= 15 is 0 Å². The summed E-state index contributed by atoms with van der Waals surface area (Å²) in [6.45, 7) is 8.00. The molecule has 0 N–H and O–H groups in total. The van der Waals surface area contributed by atoms with Crippen molar-refractivity contribution >= 4 is 24.3 Å². The fourth-order valence-corrected chi connectivity index (χ4v) is 1.93. The van der Waals surface area contributed by atoms with Gasteiger partial charge in [0.15, 0.2) is 11.5 Å². The van der Waals surface area contributed by atoms with Crippen LogP contribution in [0.2, 0.25) is 0 Å². The summed E-state index contributed by atoms with van der Waals surface area (Å²) >= 11 is 0. The lowest BCUT2D eigenvalue weighted by Crippen LogP contribution is -2.41. The Bertz CT molecular complexity index is 591. The third-order valence-corrected chi connectivity index (χ3v) is 3.96. The molecule has 1 aliphatic rings. The minimum Gasteiger partial charge on any atom is -0.493 e. The van der Waals surface area contributed by atoms with Crippen molar-refractivity contribution in [2.75, 3.05) is 14.2 Å². The van der Waals surface area contributed by atoms with Crippen molar-refractivity contribution in [2.24, 2.45) is 4.99 Å². The van der Waals surface area contributed by atoms with E-state index in [2.05, 4.69) is 4.99 Å². The smallest absolute Gasteiger partial charge is 0.282 e. The van der Waals surface area contributed by atoms with E-state index in [1.54, 1.807) is 32.6 Å². The second kappa shape index (κ2) is 7.13. The first-order valence-corrected chi connectivity index (χ1v) is 7.13. The minimum atomic E-state index is -0.379. The monoisotopic (exact) mass is 341 g/mol. The molecule has 1 aromatic rings. The largest absolute Gasteiger partial charge is 0.493 e. The van der Waals surface area contributed by atoms with Crippen LogP contribution in [-0.2, 0) is 9.47 Å². The van der Waals surface area contributed by atoms with Crippen molar-refractivity contribution in [3.63, 3.8) is 0 Å². The van der Waals surface area contributed by atoms with Crippen LogP contribution in [0, 0.1) is 0 Å². The van der Waals surface area contributed by atoms with Crippen LogP contribution in [0.3, 0.4) is 0 Å². The van der Waals surface area contributed by atoms with E-state index in [0.29, 0.717) is 17.4 Å². The Morgan fingerprint density at radius 2 is 1.52 bits per heavy atom. The number of halogens is 1. The van der Waals surface area contributed by atoms with E-state index in [-0.39, 0.29) is 23.6 Å². The average Bonchev–Trinajstić information content (AvgIpc) is 2.66. The quantitative estimate of drug-likeness (QED) is 0.767. The van der Waals surface area contributed by atoms with Crippen LogP contribution < -0.4 is 9.47 Å². The van der Waals surface area contributed by atoms with Gasteiger partial charge in [0.05, 0.1) is 19.9 Å². The summed E-state index contributed by atoms with van der Waals surface area (Å²) in [6.07, 6.45) is 3.36. The summed E-state index contributed by atoms with van der Waals surface area (Å²) in [4.78, 5) is 4.35. The number of ether oxygens (including phenoxy) is 4. The van der Waals surface area contributed by atoms with E-state index in [0.717, 1.165) is 5.69 Å². The second-order valence-corrected chi connectivity index (χ2v) is 6.03. The summed E-state index contributed by atoms with van der Waals surface area (Å²) in [7, 11) is 3.20. The highest BCUT2D eigenvalue weighted by atomic mass is 35.5. The van der Waals surface area contributed by atoms with Crippen molar-refractivity contribution < 1.29 is 18.9 Å². The SMILES string of the molecule is COc1ccc(N=CC=C2OC(C)(C)C(C)(C)O2)cc1OC.Cl. The maximum atomic E-state index is 5.79. The number of hydrogen-bond donors (Lipinski definition) is 0. The maximum absolute atomic E-state index is 5.79. The average molecular weight is 342 g/mol. The van der Waals surface area contributed by atoms with Gasteiger partial charge in [-0.05, 0) is 39.8 Å². The van der Waals surface area contributed by atoms with Gasteiger partial charge in [0.1, 0.15) is 11.2 Å². The lowest BCUT2D eigenvalue weighted by Gasteiger charge is -2.28. The Balaban J connectivity index is 0.00000264. The zero-order chi connectivity index (χ0) is 16.4. The van der Waals surface area contributed by atoms with Gasteiger partial charge in [-0.25, -0.2) is 0 Å². The number of allylic oxidation sites excluding steroid dienone is 1. The van der Waals surface area contributed by atoms with Crippen molar-refractivity contribution in [1.29, 1.82) is 0 Å². The Morgan fingerprint density at radius 3 is 2.04 bits per heavy atom. The molecular formula is C17H24ClNO4. The lowest BCUT2D eigenvalue weighted by atomic mass is 9.90. The van der Waals surface area contributed by atoms with Crippen molar-refractivity contribution in [3.8, 4) is 11.5 Å². The second-order valence-electron chi connectivity index (χ2n) is 6.03. The molecule has 2 rings (SSSR count). The van der Waals surface area contributed by atoms with Gasteiger partial charge in [-0.15, -0.1) is 12.4 Å². The number of nitrogens with zero attached hydrogens (tertiary/aromatic N) is 1. The zero-order valence-electron chi connectivity index (χ0n) is 14.4. The molecule has 23 heavy (non-hydrogen) atoms. The van der Waals surface area contributed by atoms with Crippen molar-refractivity contribution in [3.05, 3.63) is 30.2 Å². The van der Waals surface area contributed by atoms with Gasteiger partial charge in [0.25, 0.3) is 5.95 Å². The summed E-state index contributed by atoms with van der Waals surface area (Å²) in [6, 6.07) is 5.46. The molecule has 1 aliphatic heterocycles. The predicted octanol–water partition coefficient (Wildman–Crippen LogP) is 4.27. The van der Waals surface area contributed by atoms with E-state index < -0.39 is 0 Å². The van der Waals surface area contributed by atoms with Crippen LogP contribution in [0.1, 0.15) is 27.7 Å². The first kappa shape index (κ1) is 19.2. The van der Waals surface area contributed by atoms with Crippen LogP contribution in [-0.4, -0.2) is 31.6 Å². The summed E-state index contributed by atoms with van der Waals surface area (Å²) in [5, 5.41) is 0. The van der Waals surface area contributed by atoms with Gasteiger partial charge in [-0.1, -0.05) is 0 Å². The van der Waals surface area contributed by atoms with Gasteiger partial charge in [0, 0.05) is 18.4 Å². The van der Waals surface area contributed by atoms with Gasteiger partial charge in [0.2, 0.25) is 0 Å². The standard InChI is InChI=1S/C17H23NO4.ClH/c1-16(2)17(3,4)22-15(21-16)9-10-18-12-7-8-13(19-5)14(11-12)20-6;/h7-11H,1-6H3;1H. The highest BCUT2D eigenvalue weighted by Crippen LogP contribution is 2.39. The van der Waals surface area contributed by atoms with Crippen LogP contribution >= 0.6 is 12.4 Å². The van der Waals surface area contributed by atoms with Crippen LogP contribution in [0.4, 0.5) is 5.69 Å². The Hall–Kier alpha value is -1.88. The van der Waals surface area contributed by atoms with Crippen molar-refractivity contribution in [1.82, 2.24) is 0 Å². The van der Waals surface area contributed by atoms with Gasteiger partial charge < -0.3 is 18.9 Å². The molecule has 1 saturated heterocycles. The predicted molar refractivity (Wildman–Crippen MR) is 93.4 cm³/mol. The van der Waals surface area contributed by atoms with Crippen LogP contribution in [0.25, 0.3) is 0 Å². The molecule has 1 aromatic carbocycles. The first-order valence-electron chi connectivity index (χ1n) is 7.13. The fraction of sp³-hybridized carbons (Fsp3) is 0.471. The number of rotatable bonds is 4. The van der Waals surface area contributed by atoms with Gasteiger partial charge in [-0.2, -0.15) is 0 Å². The number of aliphatic imine (C=N–C) groups is 1. The Labute approximate surface area is 143 Å². The van der Waals surface area contributed by atoms with Gasteiger partial charge >= 0.3 is 0 Å². The Morgan fingerprint density at radius 1 is 0.957 bits per heavy atom. The maximum Gasteiger partial charge on any atom is 0.282 e. The van der Waals surface area contributed by atoms with E-state index in [4.69, 9.17) is 18.9 Å². The van der Waals surface area contributed by atoms with Crippen molar-refractivity contribution in [2.45, 2.75) is 38.9 Å². The third-order valence-electron chi connectivity index (χ3n) is 3.96. The minimum absolute atomic E-state index is 0. The van der Waals surface area contributed by atoms with Crippen LogP contribution in [0.5, 0.6) is 11.5 Å². The molecular weight excluding hydrogens is 318 g/mol. The number of benzene rings is 1. The molecule has 5 nitrogen and oxygen atoms in total. The lowest BCUT2D eigenvalue weighted by molar-refractivity contribution is 0.00578. The highest BCUT2D eigenvalue weighted by Gasteiger charge is 2.48. The Kier molecular flexibility index (Phi) is 5.94. The molecule has 6 heteroatoms. The molecule has 0 amide bonds. The molecule has 0 unspecified atom stereocenters. The molecule has 1 heterocycles. The molecule has 0 saturated carbocycles. The topological polar surface area (TPSA) is 49.3 Å². The van der Waals surface area contributed by atoms with E-state index in [9.17, 15) is 0 Å². The highest BCUT2D eigenvalue weighted by molar-refractivity contribution is 5.85. The molecule has 0 aliphatic carbocycles. The molecule has 0 atom stereocenters. The molecule has 128 valence electrons. The third kappa shape index (κ3) is 4.10. The normalized spacial score (nSPS) is 17.9. The molecule has 0 aromatic heterocycles. The number of methoxy groups -OCH3 is 2. The van der Waals surface area contributed by atoms with E-state index in [1.165, 1.54) is 0 Å². The van der Waals surface area contributed by atoms with E-state index in [1.807, 2.05) is 39.8 Å². The molecule has 0 radical (unpaired) electrons. The summed E-state index contributed by atoms with van der Waals surface area (Å²) < 4.78 is 22.0. The zero-order valence-corrected chi connectivity index (χ0v) is 15.2. The summed E-state index contributed by atoms with van der Waals surface area (Å²) in [5.74, 6) is 1.78. The van der Waals surface area contributed by atoms with Gasteiger partial charge in [-0.3, -0.25) is 4.99 Å². The number of hydrogen-bond acceptors (Lipinski definition) is 5. The molecule has 0 spiro atoms. The van der Waals surface area contributed by atoms with Crippen LogP contribution in [0.15, 0.2) is 35.2 Å². The molecule has 0 bridgehead atoms. The summed E-state index contributed by atoms with van der Waals surface area (Å²) in [5.41, 5.74) is -0.00235. The fourth-order valence-electron chi connectivity index (χ4n) is 1.93. The molecule has 1 fully saturated rings.